The number of nitrogens with two attached hydrogens (primary N) is 1. The average Bonchev–Trinajstić information content (AvgIpc) is 3.10. The fourth-order valence-corrected chi connectivity index (χ4v) is 3.62. The maximum absolute atomic E-state index is 10.8. The standard InChI is InChI=1S/C13H23NO2/c14-9-13(15,10-2-3-10)11-4-7-16-12(8-11)5-1-6-12/h10-11,15H,1-9,14H2. The number of ether oxygens (including phenoxy) is 1. The first-order chi connectivity index (χ1) is 7.69. The SMILES string of the molecule is NCC(O)(C1CC1)C1CCOC2(CCC2)C1. The fourth-order valence-electron chi connectivity index (χ4n) is 3.62. The molecule has 0 radical (unpaired) electrons. The van der Waals surface area contributed by atoms with Gasteiger partial charge in [0.15, 0.2) is 0 Å². The molecular formula is C13H23NO2. The molecule has 2 saturated carbocycles. The maximum Gasteiger partial charge on any atom is 0.0827 e. The van der Waals surface area contributed by atoms with Crippen LogP contribution in [-0.4, -0.2) is 29.5 Å². The summed E-state index contributed by atoms with van der Waals surface area (Å²) in [5.41, 5.74) is 5.37. The molecule has 3 heteroatoms. The lowest BCUT2D eigenvalue weighted by Crippen LogP contribution is -2.55. The summed E-state index contributed by atoms with van der Waals surface area (Å²) in [4.78, 5) is 0. The van der Waals surface area contributed by atoms with Crippen molar-refractivity contribution in [3.05, 3.63) is 0 Å². The first kappa shape index (κ1) is 11.0. The van der Waals surface area contributed by atoms with E-state index in [9.17, 15) is 5.11 Å². The maximum atomic E-state index is 10.8. The van der Waals surface area contributed by atoms with Crippen molar-refractivity contribution < 1.29 is 9.84 Å². The zero-order valence-electron chi connectivity index (χ0n) is 9.95. The minimum Gasteiger partial charge on any atom is -0.388 e. The molecule has 3 fully saturated rings. The summed E-state index contributed by atoms with van der Waals surface area (Å²) in [6.45, 7) is 1.25. The molecule has 1 heterocycles. The van der Waals surface area contributed by atoms with Crippen LogP contribution in [0.5, 0.6) is 0 Å². The summed E-state index contributed by atoms with van der Waals surface area (Å²) in [6.07, 6.45) is 8.03. The molecule has 92 valence electrons. The summed E-state index contributed by atoms with van der Waals surface area (Å²) in [7, 11) is 0. The average molecular weight is 225 g/mol. The predicted octanol–water partition coefficient (Wildman–Crippen LogP) is 1.44. The molecule has 16 heavy (non-hydrogen) atoms. The van der Waals surface area contributed by atoms with E-state index >= 15 is 0 Å². The highest BCUT2D eigenvalue weighted by atomic mass is 16.5. The van der Waals surface area contributed by atoms with Gasteiger partial charge in [0.1, 0.15) is 0 Å². The van der Waals surface area contributed by atoms with Crippen molar-refractivity contribution >= 4 is 0 Å². The first-order valence-electron chi connectivity index (χ1n) is 6.75. The quantitative estimate of drug-likeness (QED) is 0.764. The summed E-state index contributed by atoms with van der Waals surface area (Å²) in [6, 6.07) is 0. The van der Waals surface area contributed by atoms with Crippen molar-refractivity contribution in [2.24, 2.45) is 17.6 Å². The third-order valence-electron chi connectivity index (χ3n) is 5.08. The van der Waals surface area contributed by atoms with E-state index in [1.54, 1.807) is 0 Å². The summed E-state index contributed by atoms with van der Waals surface area (Å²) in [5, 5.41) is 10.8. The van der Waals surface area contributed by atoms with Crippen LogP contribution in [0.25, 0.3) is 0 Å². The van der Waals surface area contributed by atoms with E-state index in [-0.39, 0.29) is 5.60 Å². The van der Waals surface area contributed by atoms with E-state index in [0.29, 0.717) is 18.4 Å². The third kappa shape index (κ3) is 1.60. The molecule has 3 rings (SSSR count). The molecule has 2 unspecified atom stereocenters. The second-order valence-corrected chi connectivity index (χ2v) is 6.04. The van der Waals surface area contributed by atoms with Crippen LogP contribution >= 0.6 is 0 Å². The minimum atomic E-state index is -0.591. The monoisotopic (exact) mass is 225 g/mol. The van der Waals surface area contributed by atoms with Crippen molar-refractivity contribution in [1.82, 2.24) is 0 Å². The van der Waals surface area contributed by atoms with E-state index in [1.807, 2.05) is 0 Å². The van der Waals surface area contributed by atoms with Crippen LogP contribution in [0.3, 0.4) is 0 Å². The van der Waals surface area contributed by atoms with Crippen molar-refractivity contribution in [2.45, 2.75) is 56.1 Å². The Balaban J connectivity index is 1.72. The molecule has 3 aliphatic rings. The van der Waals surface area contributed by atoms with Gasteiger partial charge in [-0.1, -0.05) is 0 Å². The lowest BCUT2D eigenvalue weighted by molar-refractivity contribution is -0.177. The van der Waals surface area contributed by atoms with E-state index < -0.39 is 5.60 Å². The Morgan fingerprint density at radius 1 is 1.25 bits per heavy atom. The molecule has 0 amide bonds. The number of hydrogen-bond donors (Lipinski definition) is 2. The van der Waals surface area contributed by atoms with Gasteiger partial charge in [-0.15, -0.1) is 0 Å². The second-order valence-electron chi connectivity index (χ2n) is 6.04. The topological polar surface area (TPSA) is 55.5 Å². The van der Waals surface area contributed by atoms with Crippen LogP contribution in [0.1, 0.15) is 44.9 Å². The highest BCUT2D eigenvalue weighted by Gasteiger charge is 2.53. The van der Waals surface area contributed by atoms with Crippen molar-refractivity contribution in [1.29, 1.82) is 0 Å². The zero-order valence-corrected chi connectivity index (χ0v) is 9.95. The van der Waals surface area contributed by atoms with Gasteiger partial charge in [-0.3, -0.25) is 0 Å². The van der Waals surface area contributed by atoms with Gasteiger partial charge in [0.05, 0.1) is 11.2 Å². The van der Waals surface area contributed by atoms with Crippen LogP contribution in [-0.2, 0) is 4.74 Å². The zero-order chi connectivity index (χ0) is 11.2. The Bertz CT molecular complexity index is 273. The van der Waals surface area contributed by atoms with E-state index in [1.165, 1.54) is 19.3 Å². The molecule has 1 saturated heterocycles. The molecular weight excluding hydrogens is 202 g/mol. The number of aliphatic hydroxyl groups is 1. The van der Waals surface area contributed by atoms with Gasteiger partial charge in [-0.25, -0.2) is 0 Å². The Hall–Kier alpha value is -0.120. The van der Waals surface area contributed by atoms with Gasteiger partial charge in [-0.2, -0.15) is 0 Å². The number of rotatable bonds is 3. The molecule has 0 bridgehead atoms. The number of hydrogen-bond acceptors (Lipinski definition) is 3. The molecule has 0 aromatic carbocycles. The van der Waals surface area contributed by atoms with Crippen LogP contribution < -0.4 is 5.73 Å². The van der Waals surface area contributed by atoms with Crippen LogP contribution in [0.2, 0.25) is 0 Å². The fraction of sp³-hybridized carbons (Fsp3) is 1.00. The van der Waals surface area contributed by atoms with E-state index in [4.69, 9.17) is 10.5 Å². The van der Waals surface area contributed by atoms with Gasteiger partial charge in [0.25, 0.3) is 0 Å². The largest absolute Gasteiger partial charge is 0.388 e. The van der Waals surface area contributed by atoms with E-state index in [2.05, 4.69) is 0 Å². The highest BCUT2D eigenvalue weighted by Crippen LogP contribution is 2.51. The van der Waals surface area contributed by atoms with Crippen LogP contribution in [0.4, 0.5) is 0 Å². The van der Waals surface area contributed by atoms with Gasteiger partial charge >= 0.3 is 0 Å². The molecule has 3 N–H and O–H groups in total. The lowest BCUT2D eigenvalue weighted by atomic mass is 9.66. The van der Waals surface area contributed by atoms with Crippen molar-refractivity contribution in [3.8, 4) is 0 Å². The summed E-state index contributed by atoms with van der Waals surface area (Å²) >= 11 is 0. The van der Waals surface area contributed by atoms with Crippen molar-refractivity contribution in [2.75, 3.05) is 13.2 Å². The van der Waals surface area contributed by atoms with Crippen LogP contribution in [0.15, 0.2) is 0 Å². The molecule has 1 spiro atoms. The smallest absolute Gasteiger partial charge is 0.0827 e. The molecule has 0 aromatic rings. The van der Waals surface area contributed by atoms with Crippen molar-refractivity contribution in [3.63, 3.8) is 0 Å². The van der Waals surface area contributed by atoms with Gasteiger partial charge in [0, 0.05) is 13.2 Å². The predicted molar refractivity (Wildman–Crippen MR) is 62.0 cm³/mol. The van der Waals surface area contributed by atoms with E-state index in [0.717, 1.165) is 32.3 Å². The van der Waals surface area contributed by atoms with Crippen LogP contribution in [0, 0.1) is 11.8 Å². The minimum absolute atomic E-state index is 0.126. The third-order valence-corrected chi connectivity index (χ3v) is 5.08. The van der Waals surface area contributed by atoms with Gasteiger partial charge in [-0.05, 0) is 56.8 Å². The first-order valence-corrected chi connectivity index (χ1v) is 6.75. The van der Waals surface area contributed by atoms with Gasteiger partial charge < -0.3 is 15.6 Å². The second kappa shape index (κ2) is 3.69. The highest BCUT2D eigenvalue weighted by molar-refractivity contribution is 5.05. The Labute approximate surface area is 97.3 Å². The van der Waals surface area contributed by atoms with Gasteiger partial charge in [0.2, 0.25) is 0 Å². The Morgan fingerprint density at radius 3 is 2.50 bits per heavy atom. The molecule has 2 aliphatic carbocycles. The molecule has 0 aromatic heterocycles. The lowest BCUT2D eigenvalue weighted by Gasteiger charge is -2.51. The molecule has 3 nitrogen and oxygen atoms in total. The normalized spacial score (nSPS) is 36.8. The summed E-state index contributed by atoms with van der Waals surface area (Å²) in [5.74, 6) is 0.844. The molecule has 2 atom stereocenters. The summed E-state index contributed by atoms with van der Waals surface area (Å²) < 4.78 is 5.92. The Morgan fingerprint density at radius 2 is 2.00 bits per heavy atom. The molecule has 1 aliphatic heterocycles. The Kier molecular flexibility index (Phi) is 2.54.